The number of fused-ring (bicyclic) bond motifs is 2. The first kappa shape index (κ1) is 21.4. The van der Waals surface area contributed by atoms with Crippen molar-refractivity contribution in [2.24, 2.45) is 23.7 Å². The summed E-state index contributed by atoms with van der Waals surface area (Å²) in [6.07, 6.45) is 1.25. The summed E-state index contributed by atoms with van der Waals surface area (Å²) in [4.78, 5) is 37.3. The van der Waals surface area contributed by atoms with Crippen LogP contribution in [-0.2, 0) is 28.8 Å². The number of rotatable bonds is 3. The Morgan fingerprint density at radius 3 is 2.70 bits per heavy atom. The van der Waals surface area contributed by atoms with Gasteiger partial charge in [-0.3, -0.25) is 4.79 Å². The highest BCUT2D eigenvalue weighted by atomic mass is 17.3. The molecule has 1 N–H and O–H groups in total. The highest BCUT2D eigenvalue weighted by Gasteiger charge is 2.71. The number of nitrogens with one attached hydrogen (secondary N) is 1. The van der Waals surface area contributed by atoms with E-state index in [4.69, 9.17) is 24.0 Å². The zero-order valence-electron chi connectivity index (χ0n) is 19.2. The Kier molecular flexibility index (Phi) is 4.81. The molecule has 0 radical (unpaired) electrons. The van der Waals surface area contributed by atoms with Crippen LogP contribution in [0.5, 0.6) is 0 Å². The van der Waals surface area contributed by atoms with Crippen LogP contribution in [0.2, 0.25) is 0 Å². The number of carbonyl (C=O) groups excluding carboxylic acids is 2. The average molecular weight is 458 g/mol. The molecule has 1 aromatic rings. The van der Waals surface area contributed by atoms with Crippen LogP contribution in [0.3, 0.4) is 0 Å². The highest BCUT2D eigenvalue weighted by molar-refractivity contribution is 5.74. The number of carbonyl (C=O) groups is 2. The van der Waals surface area contributed by atoms with E-state index in [2.05, 4.69) is 24.4 Å². The van der Waals surface area contributed by atoms with E-state index < -0.39 is 29.7 Å². The van der Waals surface area contributed by atoms with E-state index in [1.54, 1.807) is 0 Å². The molecule has 1 amide bonds. The molecule has 1 spiro atoms. The Morgan fingerprint density at radius 1 is 1.12 bits per heavy atom. The first-order chi connectivity index (χ1) is 15.8. The lowest BCUT2D eigenvalue weighted by Gasteiger charge is -2.58. The third kappa shape index (κ3) is 3.29. The smallest absolute Gasteiger partial charge is 0.407 e. The largest absolute Gasteiger partial charge is 0.446 e. The second-order valence-corrected chi connectivity index (χ2v) is 10.6. The summed E-state index contributed by atoms with van der Waals surface area (Å²) in [5, 5.41) is 3.03. The molecule has 4 aliphatic heterocycles. The Balaban J connectivity index is 1.19. The molecular formula is C25H31NO7. The van der Waals surface area contributed by atoms with Gasteiger partial charge in [0.1, 0.15) is 6.10 Å². The lowest BCUT2D eigenvalue weighted by molar-refractivity contribution is -0.560. The molecule has 33 heavy (non-hydrogen) atoms. The SMILES string of the molecule is C[C@@H]1[C@@H](OC(=O)NC2CC2c2ccccc2)C[C@H]2[C@@H](C)C(=O)O[C@@H]3O[C@]4(C)CC[C@@H]1[C@]32OO4. The number of hydrogen-bond donors (Lipinski definition) is 1. The quantitative estimate of drug-likeness (QED) is 0.547. The molecule has 2 unspecified atom stereocenters. The maximum Gasteiger partial charge on any atom is 0.407 e. The van der Waals surface area contributed by atoms with E-state index in [9.17, 15) is 9.59 Å². The van der Waals surface area contributed by atoms with Crippen LogP contribution in [0.15, 0.2) is 30.3 Å². The minimum Gasteiger partial charge on any atom is -0.446 e. The van der Waals surface area contributed by atoms with Crippen molar-refractivity contribution in [3.8, 4) is 0 Å². The molecule has 7 rings (SSSR count). The van der Waals surface area contributed by atoms with Crippen molar-refractivity contribution in [2.45, 2.75) is 82.2 Å². The van der Waals surface area contributed by atoms with Crippen LogP contribution in [0.1, 0.15) is 57.9 Å². The van der Waals surface area contributed by atoms with Gasteiger partial charge < -0.3 is 19.5 Å². The summed E-state index contributed by atoms with van der Waals surface area (Å²) in [5.74, 6) is -1.61. The maximum atomic E-state index is 12.8. The average Bonchev–Trinajstić information content (AvgIpc) is 3.59. The second-order valence-electron chi connectivity index (χ2n) is 10.6. The Labute approximate surface area is 193 Å². The number of esters is 1. The van der Waals surface area contributed by atoms with Crippen molar-refractivity contribution >= 4 is 12.1 Å². The highest BCUT2D eigenvalue weighted by Crippen LogP contribution is 2.60. The number of benzene rings is 1. The van der Waals surface area contributed by atoms with Gasteiger partial charge in [-0.1, -0.05) is 44.2 Å². The lowest BCUT2D eigenvalue weighted by Crippen LogP contribution is -2.71. The molecule has 10 atom stereocenters. The molecule has 4 saturated heterocycles. The molecule has 6 fully saturated rings. The van der Waals surface area contributed by atoms with E-state index in [0.717, 1.165) is 12.8 Å². The molecule has 6 aliphatic rings. The van der Waals surface area contributed by atoms with Crippen LogP contribution in [-0.4, -0.2) is 41.9 Å². The molecule has 178 valence electrons. The van der Waals surface area contributed by atoms with Gasteiger partial charge in [0.15, 0.2) is 5.60 Å². The van der Waals surface area contributed by atoms with Gasteiger partial charge in [-0.2, -0.15) is 0 Å². The zero-order chi connectivity index (χ0) is 23.0. The first-order valence-corrected chi connectivity index (χ1v) is 12.1. The molecular weight excluding hydrogens is 426 g/mol. The van der Waals surface area contributed by atoms with Crippen LogP contribution >= 0.6 is 0 Å². The monoisotopic (exact) mass is 457 g/mol. The maximum absolute atomic E-state index is 12.8. The van der Waals surface area contributed by atoms with Crippen molar-refractivity contribution in [2.75, 3.05) is 0 Å². The minimum atomic E-state index is -0.954. The minimum absolute atomic E-state index is 0.00437. The van der Waals surface area contributed by atoms with Gasteiger partial charge in [-0.15, -0.1) is 0 Å². The van der Waals surface area contributed by atoms with Gasteiger partial charge in [0.2, 0.25) is 12.1 Å². The molecule has 2 aliphatic carbocycles. The summed E-state index contributed by atoms with van der Waals surface area (Å²) >= 11 is 0. The molecule has 2 saturated carbocycles. The van der Waals surface area contributed by atoms with E-state index in [1.807, 2.05) is 32.0 Å². The summed E-state index contributed by atoms with van der Waals surface area (Å²) in [6.45, 7) is 5.74. The topological polar surface area (TPSA) is 92.3 Å². The Hall–Kier alpha value is -2.16. The van der Waals surface area contributed by atoms with Crippen LogP contribution in [0, 0.1) is 23.7 Å². The summed E-state index contributed by atoms with van der Waals surface area (Å²) in [7, 11) is 0. The number of hydrogen-bond acceptors (Lipinski definition) is 7. The van der Waals surface area contributed by atoms with Crippen molar-refractivity contribution in [3.63, 3.8) is 0 Å². The molecule has 8 nitrogen and oxygen atoms in total. The number of ether oxygens (including phenoxy) is 3. The predicted molar refractivity (Wildman–Crippen MR) is 114 cm³/mol. The molecule has 2 bridgehead atoms. The standard InChI is InChI=1S/C25H31NO7/c1-13-17-9-10-24(3)31-22-25(17,33-32-24)18(14(2)21(27)30-22)12-20(13)29-23(28)26-19-11-16(19)15-7-5-4-6-8-15/h4-8,13-14,16-20,22H,9-12H2,1-3H3,(H,26,28)/t13-,14+,16?,17-,18-,19?,20-,22+,24-,25+/m0/s1. The summed E-state index contributed by atoms with van der Waals surface area (Å²) in [6, 6.07) is 10.3. The van der Waals surface area contributed by atoms with Crippen LogP contribution in [0.25, 0.3) is 0 Å². The fourth-order valence-corrected chi connectivity index (χ4v) is 6.60. The molecule has 0 aromatic heterocycles. The predicted octanol–water partition coefficient (Wildman–Crippen LogP) is 3.66. The third-order valence-corrected chi connectivity index (χ3v) is 8.64. The van der Waals surface area contributed by atoms with Crippen molar-refractivity contribution in [1.29, 1.82) is 0 Å². The van der Waals surface area contributed by atoms with Gasteiger partial charge in [0.25, 0.3) is 0 Å². The van der Waals surface area contributed by atoms with Gasteiger partial charge in [-0.05, 0) is 37.7 Å². The van der Waals surface area contributed by atoms with Gasteiger partial charge in [0, 0.05) is 30.2 Å². The van der Waals surface area contributed by atoms with E-state index in [-0.39, 0.29) is 35.9 Å². The van der Waals surface area contributed by atoms with Crippen LogP contribution in [0.4, 0.5) is 4.79 Å². The Bertz CT molecular complexity index is 955. The van der Waals surface area contributed by atoms with E-state index in [0.29, 0.717) is 18.8 Å². The molecule has 8 heteroatoms. The first-order valence-electron chi connectivity index (χ1n) is 12.1. The third-order valence-electron chi connectivity index (χ3n) is 8.64. The second kappa shape index (κ2) is 7.42. The zero-order valence-corrected chi connectivity index (χ0v) is 19.2. The lowest BCUT2D eigenvalue weighted by atomic mass is 9.57. The van der Waals surface area contributed by atoms with E-state index >= 15 is 0 Å². The molecule has 4 heterocycles. The van der Waals surface area contributed by atoms with Crippen molar-refractivity contribution < 1.29 is 33.6 Å². The fourth-order valence-electron chi connectivity index (χ4n) is 6.60. The van der Waals surface area contributed by atoms with Gasteiger partial charge in [0.05, 0.1) is 5.92 Å². The Morgan fingerprint density at radius 2 is 1.91 bits per heavy atom. The fraction of sp³-hybridized carbons (Fsp3) is 0.680. The van der Waals surface area contributed by atoms with Crippen molar-refractivity contribution in [1.82, 2.24) is 5.32 Å². The van der Waals surface area contributed by atoms with Crippen molar-refractivity contribution in [3.05, 3.63) is 35.9 Å². The van der Waals surface area contributed by atoms with Gasteiger partial charge in [-0.25, -0.2) is 14.6 Å². The summed E-state index contributed by atoms with van der Waals surface area (Å²) < 4.78 is 17.8. The normalized spacial score (nSPS) is 47.7. The number of amides is 1. The number of alkyl carbamates (subject to hydrolysis) is 1. The summed E-state index contributed by atoms with van der Waals surface area (Å²) in [5.41, 5.74) is 0.352. The van der Waals surface area contributed by atoms with Crippen LogP contribution < -0.4 is 5.32 Å². The van der Waals surface area contributed by atoms with E-state index in [1.165, 1.54) is 5.56 Å². The van der Waals surface area contributed by atoms with Gasteiger partial charge >= 0.3 is 12.1 Å². The molecule has 1 aromatic carbocycles.